The van der Waals surface area contributed by atoms with Gasteiger partial charge in [0.1, 0.15) is 5.52 Å². The first kappa shape index (κ1) is 25.8. The molecule has 6 rings (SSSR count). The van der Waals surface area contributed by atoms with Gasteiger partial charge in [-0.3, -0.25) is 4.79 Å². The molecule has 0 unspecified atom stereocenters. The number of aromatic nitrogens is 5. The third kappa shape index (κ3) is 5.91. The zero-order chi connectivity index (χ0) is 26.8. The molecular formula is C28H20Cl2N6OS2. The molecule has 1 N–H and O–H groups in total. The summed E-state index contributed by atoms with van der Waals surface area (Å²) in [6.07, 6.45) is 2.50. The maximum Gasteiger partial charge on any atom is 0.236 e. The first-order valence-electron chi connectivity index (χ1n) is 12.0. The van der Waals surface area contributed by atoms with Crippen molar-refractivity contribution >= 4 is 79.4 Å². The highest BCUT2D eigenvalue weighted by Gasteiger charge is 2.17. The summed E-state index contributed by atoms with van der Waals surface area (Å²) in [5.74, 6) is -0.0583. The number of thioether (sulfide) groups is 1. The Labute approximate surface area is 242 Å². The van der Waals surface area contributed by atoms with Crippen LogP contribution >= 0.6 is 46.3 Å². The van der Waals surface area contributed by atoms with Crippen molar-refractivity contribution in [2.75, 3.05) is 11.1 Å². The number of amides is 1. The molecule has 0 atom stereocenters. The van der Waals surface area contributed by atoms with E-state index in [1.54, 1.807) is 6.20 Å². The Morgan fingerprint density at radius 3 is 2.56 bits per heavy atom. The van der Waals surface area contributed by atoms with Gasteiger partial charge in [0.2, 0.25) is 11.1 Å². The Kier molecular flexibility index (Phi) is 7.47. The molecule has 0 aliphatic rings. The Bertz CT molecular complexity index is 1790. The number of nitrogens with one attached hydrogen (secondary N) is 1. The number of thiazole rings is 1. The summed E-state index contributed by atoms with van der Waals surface area (Å²) < 4.78 is 2.10. The molecule has 3 aromatic carbocycles. The van der Waals surface area contributed by atoms with Crippen LogP contribution in [0.2, 0.25) is 10.0 Å². The van der Waals surface area contributed by atoms with Crippen molar-refractivity contribution < 1.29 is 4.79 Å². The van der Waals surface area contributed by atoms with E-state index in [4.69, 9.17) is 28.2 Å². The molecule has 0 spiro atoms. The second-order valence-corrected chi connectivity index (χ2v) is 11.7. The van der Waals surface area contributed by atoms with Crippen LogP contribution in [-0.2, 0) is 17.8 Å². The number of halogens is 2. The van der Waals surface area contributed by atoms with E-state index in [0.717, 1.165) is 33.3 Å². The average Bonchev–Trinajstić information content (AvgIpc) is 3.50. The predicted octanol–water partition coefficient (Wildman–Crippen LogP) is 7.11. The number of nitrogens with zero attached hydrogens (tertiary/aromatic N) is 5. The van der Waals surface area contributed by atoms with Crippen molar-refractivity contribution in [1.29, 1.82) is 0 Å². The molecule has 0 radical (unpaired) electrons. The molecule has 1 amide bonds. The van der Waals surface area contributed by atoms with Gasteiger partial charge in [-0.2, -0.15) is 0 Å². The van der Waals surface area contributed by atoms with E-state index in [0.29, 0.717) is 38.0 Å². The second-order valence-electron chi connectivity index (χ2n) is 8.77. The van der Waals surface area contributed by atoms with Gasteiger partial charge in [0.05, 0.1) is 11.3 Å². The normalized spacial score (nSPS) is 11.3. The number of hydrogen-bond donors (Lipinski definition) is 1. The summed E-state index contributed by atoms with van der Waals surface area (Å²) in [6, 6.07) is 23.6. The van der Waals surface area contributed by atoms with Crippen LogP contribution in [0.3, 0.4) is 0 Å². The van der Waals surface area contributed by atoms with Gasteiger partial charge in [-0.15, -0.1) is 21.5 Å². The SMILES string of the molecule is O=C(CSc1nnc2c3cc(Cl)ccc3n(Cc3ccccc3)c2n1)Nc1ncc(Cc2ccc(Cl)cc2)s1. The highest BCUT2D eigenvalue weighted by Crippen LogP contribution is 2.30. The number of benzene rings is 3. The molecule has 0 fully saturated rings. The van der Waals surface area contributed by atoms with Crippen LogP contribution in [0.25, 0.3) is 22.1 Å². The van der Waals surface area contributed by atoms with Crippen molar-refractivity contribution in [3.05, 3.63) is 105 Å². The van der Waals surface area contributed by atoms with Crippen LogP contribution in [-0.4, -0.2) is 36.4 Å². The Morgan fingerprint density at radius 1 is 0.949 bits per heavy atom. The van der Waals surface area contributed by atoms with E-state index in [9.17, 15) is 4.79 Å². The van der Waals surface area contributed by atoms with Gasteiger partial charge in [-0.25, -0.2) is 9.97 Å². The molecule has 194 valence electrons. The van der Waals surface area contributed by atoms with E-state index in [-0.39, 0.29) is 11.7 Å². The number of hydrogen-bond acceptors (Lipinski definition) is 7. The lowest BCUT2D eigenvalue weighted by Crippen LogP contribution is -2.14. The van der Waals surface area contributed by atoms with Gasteiger partial charge in [-0.1, -0.05) is 77.4 Å². The van der Waals surface area contributed by atoms with Gasteiger partial charge >= 0.3 is 0 Å². The van der Waals surface area contributed by atoms with Crippen molar-refractivity contribution in [1.82, 2.24) is 24.7 Å². The van der Waals surface area contributed by atoms with E-state index < -0.39 is 0 Å². The smallest absolute Gasteiger partial charge is 0.236 e. The third-order valence-electron chi connectivity index (χ3n) is 6.02. The molecular weight excluding hydrogens is 571 g/mol. The van der Waals surface area contributed by atoms with E-state index in [1.807, 2.05) is 60.7 Å². The fourth-order valence-electron chi connectivity index (χ4n) is 4.24. The number of fused-ring (bicyclic) bond motifs is 3. The van der Waals surface area contributed by atoms with Crippen LogP contribution in [0, 0.1) is 0 Å². The second kappa shape index (κ2) is 11.3. The predicted molar refractivity (Wildman–Crippen MR) is 159 cm³/mol. The summed E-state index contributed by atoms with van der Waals surface area (Å²) in [7, 11) is 0. The molecule has 0 saturated heterocycles. The first-order valence-corrected chi connectivity index (χ1v) is 14.6. The number of anilines is 1. The van der Waals surface area contributed by atoms with Crippen LogP contribution in [0.15, 0.2) is 84.1 Å². The van der Waals surface area contributed by atoms with Crippen molar-refractivity contribution in [3.63, 3.8) is 0 Å². The third-order valence-corrected chi connectivity index (χ3v) is 8.25. The van der Waals surface area contributed by atoms with E-state index >= 15 is 0 Å². The molecule has 0 aliphatic carbocycles. The lowest BCUT2D eigenvalue weighted by molar-refractivity contribution is -0.113. The summed E-state index contributed by atoms with van der Waals surface area (Å²) in [5, 5.41) is 14.8. The first-order chi connectivity index (χ1) is 19.0. The number of carbonyl (C=O) groups is 1. The van der Waals surface area contributed by atoms with Crippen molar-refractivity contribution in [3.8, 4) is 0 Å². The quantitative estimate of drug-likeness (QED) is 0.190. The zero-order valence-corrected chi connectivity index (χ0v) is 23.5. The van der Waals surface area contributed by atoms with E-state index in [2.05, 4.69) is 37.2 Å². The molecule has 11 heteroatoms. The summed E-state index contributed by atoms with van der Waals surface area (Å²) in [5.41, 5.74) is 4.60. The lowest BCUT2D eigenvalue weighted by atomic mass is 10.1. The Hall–Kier alpha value is -3.50. The van der Waals surface area contributed by atoms with Crippen LogP contribution in [0.1, 0.15) is 16.0 Å². The largest absolute Gasteiger partial charge is 0.319 e. The summed E-state index contributed by atoms with van der Waals surface area (Å²) in [6.45, 7) is 0.619. The summed E-state index contributed by atoms with van der Waals surface area (Å²) >= 11 is 14.9. The molecule has 0 saturated carbocycles. The van der Waals surface area contributed by atoms with Gasteiger partial charge in [-0.05, 0) is 41.5 Å². The Balaban J connectivity index is 1.17. The topological polar surface area (TPSA) is 85.6 Å². The average molecular weight is 592 g/mol. The molecule has 39 heavy (non-hydrogen) atoms. The number of carbonyl (C=O) groups excluding carboxylic acids is 1. The maximum absolute atomic E-state index is 12.7. The minimum Gasteiger partial charge on any atom is -0.319 e. The molecule has 3 aromatic heterocycles. The molecule has 0 bridgehead atoms. The standard InChI is InChI=1S/C28H20Cl2N6OS2/c29-19-8-6-17(7-9-19)12-21-14-31-27(39-21)32-24(37)16-38-28-33-26-25(34-35-28)22-13-20(30)10-11-23(22)36(26)15-18-4-2-1-3-5-18/h1-11,13-14H,12,15-16H2,(H,31,32,37). The van der Waals surface area contributed by atoms with Gasteiger partial charge in [0, 0.05) is 39.5 Å². The fourth-order valence-corrected chi connectivity index (χ4v) is 5.98. The summed E-state index contributed by atoms with van der Waals surface area (Å²) in [4.78, 5) is 22.8. The van der Waals surface area contributed by atoms with Crippen LogP contribution in [0.4, 0.5) is 5.13 Å². The number of rotatable bonds is 8. The van der Waals surface area contributed by atoms with Crippen LogP contribution < -0.4 is 5.32 Å². The highest BCUT2D eigenvalue weighted by atomic mass is 35.5. The van der Waals surface area contributed by atoms with Gasteiger partial charge < -0.3 is 9.88 Å². The Morgan fingerprint density at radius 2 is 1.74 bits per heavy atom. The fraction of sp³-hybridized carbons (Fsp3) is 0.107. The maximum atomic E-state index is 12.7. The highest BCUT2D eigenvalue weighted by molar-refractivity contribution is 7.99. The molecule has 0 aliphatic heterocycles. The van der Waals surface area contributed by atoms with E-state index in [1.165, 1.54) is 23.1 Å². The monoisotopic (exact) mass is 590 g/mol. The minimum absolute atomic E-state index is 0.129. The zero-order valence-electron chi connectivity index (χ0n) is 20.3. The molecule has 6 aromatic rings. The van der Waals surface area contributed by atoms with Crippen LogP contribution in [0.5, 0.6) is 0 Å². The van der Waals surface area contributed by atoms with Crippen molar-refractivity contribution in [2.45, 2.75) is 18.1 Å². The van der Waals surface area contributed by atoms with Gasteiger partial charge in [0.15, 0.2) is 10.8 Å². The molecule has 3 heterocycles. The molecule has 7 nitrogen and oxygen atoms in total. The lowest BCUT2D eigenvalue weighted by Gasteiger charge is -2.07. The van der Waals surface area contributed by atoms with Crippen molar-refractivity contribution in [2.24, 2.45) is 0 Å². The van der Waals surface area contributed by atoms with Gasteiger partial charge in [0.25, 0.3) is 0 Å². The minimum atomic E-state index is -0.187.